The first-order valence-corrected chi connectivity index (χ1v) is 10.4. The molecule has 4 N–H and O–H groups in total. The summed E-state index contributed by atoms with van der Waals surface area (Å²) in [7, 11) is -1.69. The van der Waals surface area contributed by atoms with Gasteiger partial charge in [0.1, 0.15) is 11.7 Å². The zero-order chi connectivity index (χ0) is 22.4. The molecule has 7 nitrogen and oxygen atoms in total. The van der Waals surface area contributed by atoms with E-state index < -0.39 is 25.0 Å². The van der Waals surface area contributed by atoms with E-state index in [0.29, 0.717) is 12.1 Å². The van der Waals surface area contributed by atoms with E-state index in [1.165, 1.54) is 0 Å². The highest BCUT2D eigenvalue weighted by Crippen LogP contribution is 2.12. The summed E-state index contributed by atoms with van der Waals surface area (Å²) in [6, 6.07) is 17.7. The van der Waals surface area contributed by atoms with Gasteiger partial charge in [-0.05, 0) is 42.2 Å². The van der Waals surface area contributed by atoms with E-state index in [0.717, 1.165) is 11.1 Å². The first-order valence-electron chi connectivity index (χ1n) is 10.4. The van der Waals surface area contributed by atoms with Gasteiger partial charge in [0.15, 0.2) is 0 Å². The Bertz CT molecular complexity index is 1020. The fourth-order valence-corrected chi connectivity index (χ4v) is 3.58. The van der Waals surface area contributed by atoms with Gasteiger partial charge in [-0.1, -0.05) is 50.2 Å². The number of hydrogen-bond donors (Lipinski definition) is 4. The smallest absolute Gasteiger partial charge is 0.426 e. The molecule has 0 saturated carbocycles. The van der Waals surface area contributed by atoms with Gasteiger partial charge in [-0.25, -0.2) is 0 Å². The zero-order valence-electron chi connectivity index (χ0n) is 17.7. The molecule has 2 amide bonds. The molecule has 2 heterocycles. The molecule has 0 unspecified atom stereocenters. The highest BCUT2D eigenvalue weighted by atomic mass is 16.4. The molecule has 31 heavy (non-hydrogen) atoms. The highest BCUT2D eigenvalue weighted by molar-refractivity contribution is 6.43. The molecule has 0 fully saturated rings. The molecular formula is C23H28BN3O4. The molecule has 3 rings (SSSR count). The maximum atomic E-state index is 13.1. The molecule has 3 aromatic rings. The Morgan fingerprint density at radius 2 is 1.68 bits per heavy atom. The third-order valence-electron chi connectivity index (χ3n) is 5.11. The Kier molecular flexibility index (Phi) is 7.49. The van der Waals surface area contributed by atoms with E-state index in [1.807, 2.05) is 68.4 Å². The summed E-state index contributed by atoms with van der Waals surface area (Å²) in [6.07, 6.45) is 2.47. The van der Waals surface area contributed by atoms with Gasteiger partial charge >= 0.3 is 7.12 Å². The second-order valence-electron chi connectivity index (χ2n) is 8.09. The van der Waals surface area contributed by atoms with Crippen molar-refractivity contribution in [3.05, 3.63) is 78.1 Å². The lowest BCUT2D eigenvalue weighted by atomic mass is 9.75. The molecule has 0 radical (unpaired) electrons. The van der Waals surface area contributed by atoms with Gasteiger partial charge in [0, 0.05) is 18.1 Å². The monoisotopic (exact) mass is 421 g/mol. The van der Waals surface area contributed by atoms with E-state index in [-0.39, 0.29) is 18.2 Å². The van der Waals surface area contributed by atoms with Crippen molar-refractivity contribution in [1.29, 1.82) is 0 Å². The van der Waals surface area contributed by atoms with Crippen LogP contribution in [0.25, 0.3) is 5.52 Å². The van der Waals surface area contributed by atoms with Gasteiger partial charge in [0.05, 0.1) is 5.94 Å². The molecule has 0 aliphatic rings. The summed E-state index contributed by atoms with van der Waals surface area (Å²) >= 11 is 0. The van der Waals surface area contributed by atoms with Crippen LogP contribution in [-0.4, -0.2) is 45.4 Å². The van der Waals surface area contributed by atoms with E-state index in [4.69, 9.17) is 0 Å². The third-order valence-corrected chi connectivity index (χ3v) is 5.11. The largest absolute Gasteiger partial charge is 0.475 e. The van der Waals surface area contributed by atoms with Crippen molar-refractivity contribution >= 4 is 24.4 Å². The van der Waals surface area contributed by atoms with Crippen LogP contribution in [0.3, 0.4) is 0 Å². The number of carbonyl (C=O) groups excluding carboxylic acids is 2. The molecule has 0 bridgehead atoms. The lowest BCUT2D eigenvalue weighted by molar-refractivity contribution is -0.123. The quantitative estimate of drug-likeness (QED) is 0.396. The fourth-order valence-electron chi connectivity index (χ4n) is 3.58. The minimum Gasteiger partial charge on any atom is -0.426 e. The second-order valence-corrected chi connectivity index (χ2v) is 8.09. The number of rotatable bonds is 9. The molecule has 162 valence electrons. The van der Waals surface area contributed by atoms with Gasteiger partial charge in [0.2, 0.25) is 5.91 Å². The molecule has 0 saturated heterocycles. The summed E-state index contributed by atoms with van der Waals surface area (Å²) in [5.41, 5.74) is 2.17. The van der Waals surface area contributed by atoms with Crippen molar-refractivity contribution in [3.8, 4) is 0 Å². The average Bonchev–Trinajstić information content (AvgIpc) is 3.17. The van der Waals surface area contributed by atoms with Crippen LogP contribution in [0.4, 0.5) is 0 Å². The average molecular weight is 421 g/mol. The van der Waals surface area contributed by atoms with Gasteiger partial charge in [-0.15, -0.1) is 0 Å². The number of benzene rings is 1. The van der Waals surface area contributed by atoms with Crippen LogP contribution < -0.4 is 10.6 Å². The van der Waals surface area contributed by atoms with Crippen LogP contribution in [-0.2, 0) is 11.2 Å². The zero-order valence-corrected chi connectivity index (χ0v) is 17.7. The number of amides is 2. The van der Waals surface area contributed by atoms with E-state index >= 15 is 0 Å². The Morgan fingerprint density at radius 1 is 0.968 bits per heavy atom. The lowest BCUT2D eigenvalue weighted by Gasteiger charge is -2.24. The minimum absolute atomic E-state index is 0.154. The fraction of sp³-hybridized carbons (Fsp3) is 0.304. The predicted octanol–water partition coefficient (Wildman–Crippen LogP) is 1.82. The van der Waals surface area contributed by atoms with Crippen LogP contribution in [0.1, 0.15) is 36.3 Å². The molecule has 0 aliphatic heterocycles. The predicted molar refractivity (Wildman–Crippen MR) is 120 cm³/mol. The molecule has 2 aromatic heterocycles. The van der Waals surface area contributed by atoms with Crippen molar-refractivity contribution in [3.63, 3.8) is 0 Å². The molecule has 1 aromatic carbocycles. The number of nitrogens with one attached hydrogen (secondary N) is 2. The van der Waals surface area contributed by atoms with Crippen molar-refractivity contribution in [1.82, 2.24) is 15.0 Å². The van der Waals surface area contributed by atoms with Crippen LogP contribution in [0, 0.1) is 5.92 Å². The topological polar surface area (TPSA) is 103 Å². The number of aromatic nitrogens is 1. The number of hydrogen-bond acceptors (Lipinski definition) is 4. The number of pyridine rings is 1. The van der Waals surface area contributed by atoms with Crippen molar-refractivity contribution in [2.75, 3.05) is 0 Å². The Balaban J connectivity index is 1.81. The summed E-state index contributed by atoms with van der Waals surface area (Å²) in [6.45, 7) is 3.87. The molecule has 2 atom stereocenters. The summed E-state index contributed by atoms with van der Waals surface area (Å²) in [4.78, 5) is 26.1. The van der Waals surface area contributed by atoms with Crippen molar-refractivity contribution < 1.29 is 19.6 Å². The van der Waals surface area contributed by atoms with E-state index in [9.17, 15) is 19.6 Å². The van der Waals surface area contributed by atoms with Crippen LogP contribution in [0.15, 0.2) is 66.9 Å². The van der Waals surface area contributed by atoms with Crippen LogP contribution >= 0.6 is 0 Å². The third kappa shape index (κ3) is 5.96. The number of nitrogens with zero attached hydrogens (tertiary/aromatic N) is 1. The Morgan fingerprint density at radius 3 is 2.35 bits per heavy atom. The number of fused-ring (bicyclic) bond motifs is 1. The van der Waals surface area contributed by atoms with Crippen molar-refractivity contribution in [2.24, 2.45) is 5.92 Å². The molecule has 8 heteroatoms. The number of carbonyl (C=O) groups is 2. The summed E-state index contributed by atoms with van der Waals surface area (Å²) < 4.78 is 1.76. The maximum absolute atomic E-state index is 13.1. The maximum Gasteiger partial charge on any atom is 0.475 e. The van der Waals surface area contributed by atoms with Gasteiger partial charge in [0.25, 0.3) is 5.91 Å². The lowest BCUT2D eigenvalue weighted by Crippen LogP contribution is -2.55. The Hall–Kier alpha value is -3.10. The second kappa shape index (κ2) is 10.3. The van der Waals surface area contributed by atoms with Gasteiger partial charge in [-0.2, -0.15) is 0 Å². The molecule has 0 aliphatic carbocycles. The summed E-state index contributed by atoms with van der Waals surface area (Å²) in [5.74, 6) is -1.51. The minimum atomic E-state index is -1.69. The first-order chi connectivity index (χ1) is 14.8. The normalized spacial score (nSPS) is 13.1. The van der Waals surface area contributed by atoms with Crippen molar-refractivity contribution in [2.45, 2.75) is 38.7 Å². The van der Waals surface area contributed by atoms with Gasteiger partial charge in [-0.3, -0.25) is 9.59 Å². The highest BCUT2D eigenvalue weighted by Gasteiger charge is 2.30. The van der Waals surface area contributed by atoms with E-state index in [2.05, 4.69) is 10.6 Å². The van der Waals surface area contributed by atoms with E-state index in [1.54, 1.807) is 16.7 Å². The van der Waals surface area contributed by atoms with Gasteiger partial charge < -0.3 is 25.1 Å². The van der Waals surface area contributed by atoms with Crippen LogP contribution in [0.2, 0.25) is 0 Å². The standard InChI is InChI=1S/C23H28BN3O4/c1-16(2)14-21(24(30)31)26-22(28)19(15-17-8-4-3-5-9-17)25-23(29)20-12-11-18-10-6-7-13-27(18)20/h3-13,16,19,21,30-31H,14-15H2,1-2H3,(H,25,29)(H,26,28)/t19-,21-/m0/s1. The Labute approximate surface area is 182 Å². The summed E-state index contributed by atoms with van der Waals surface area (Å²) in [5, 5.41) is 24.9. The van der Waals surface area contributed by atoms with Crippen LogP contribution in [0.5, 0.6) is 0 Å². The molecule has 0 spiro atoms. The molecular weight excluding hydrogens is 393 g/mol. The first kappa shape index (κ1) is 22.6. The SMILES string of the molecule is CC(C)C[C@H](NC(=O)[C@H](Cc1ccccc1)NC(=O)c1ccc2ccccn12)B(O)O.